The number of benzene rings is 3. The molecule has 30 heavy (non-hydrogen) atoms. The minimum absolute atomic E-state index is 0.249. The molecule has 0 bridgehead atoms. The lowest BCUT2D eigenvalue weighted by atomic mass is 10.0. The second kappa shape index (κ2) is 8.80. The highest BCUT2D eigenvalue weighted by molar-refractivity contribution is 6.36. The number of amidine groups is 1. The van der Waals surface area contributed by atoms with Crippen LogP contribution in [0.2, 0.25) is 10.0 Å². The summed E-state index contributed by atoms with van der Waals surface area (Å²) >= 11 is 12.2. The zero-order valence-electron chi connectivity index (χ0n) is 15.5. The van der Waals surface area contributed by atoms with Gasteiger partial charge in [-0.15, -0.1) is 5.73 Å². The first-order valence-electron chi connectivity index (χ1n) is 8.68. The fraction of sp³-hybridized carbons (Fsp3) is 0.0435. The van der Waals surface area contributed by atoms with Crippen molar-refractivity contribution >= 4 is 34.7 Å². The first-order chi connectivity index (χ1) is 14.2. The van der Waals surface area contributed by atoms with Crippen LogP contribution in [-0.2, 0) is 6.18 Å². The van der Waals surface area contributed by atoms with Gasteiger partial charge < -0.3 is 0 Å². The lowest BCUT2D eigenvalue weighted by Crippen LogP contribution is -2.27. The third-order valence-corrected chi connectivity index (χ3v) is 4.88. The van der Waals surface area contributed by atoms with Gasteiger partial charge >= 0.3 is 6.18 Å². The van der Waals surface area contributed by atoms with Gasteiger partial charge in [0.25, 0.3) is 0 Å². The number of hydrogen-bond donors (Lipinski definition) is 1. The van der Waals surface area contributed by atoms with E-state index >= 15 is 0 Å². The molecule has 0 saturated heterocycles. The van der Waals surface area contributed by atoms with Gasteiger partial charge in [0.1, 0.15) is 5.84 Å². The summed E-state index contributed by atoms with van der Waals surface area (Å²) in [6.07, 6.45) is -3.26. The molecule has 0 spiro atoms. The molecule has 0 aliphatic carbocycles. The molecular weight excluding hydrogens is 432 g/mol. The second-order valence-corrected chi connectivity index (χ2v) is 7.11. The van der Waals surface area contributed by atoms with Crippen LogP contribution in [0.15, 0.2) is 85.2 Å². The molecule has 0 aliphatic rings. The quantitative estimate of drug-likeness (QED) is 0.247. The van der Waals surface area contributed by atoms with E-state index in [1.807, 2.05) is 0 Å². The Labute approximate surface area is 182 Å². The summed E-state index contributed by atoms with van der Waals surface area (Å²) in [6, 6.07) is 17.0. The van der Waals surface area contributed by atoms with E-state index in [-0.39, 0.29) is 11.4 Å². The number of hydrogen-bond acceptors (Lipinski definition) is 1. The average Bonchev–Trinajstić information content (AvgIpc) is 2.71. The van der Waals surface area contributed by atoms with Gasteiger partial charge in [-0.2, -0.15) is 13.2 Å². The zero-order valence-corrected chi connectivity index (χ0v) is 17.0. The normalized spacial score (nSPS) is 11.0. The van der Waals surface area contributed by atoms with Crippen LogP contribution in [0.3, 0.4) is 0 Å². The highest BCUT2D eigenvalue weighted by atomic mass is 35.5. The van der Waals surface area contributed by atoms with E-state index in [4.69, 9.17) is 28.6 Å². The monoisotopic (exact) mass is 446 g/mol. The summed E-state index contributed by atoms with van der Waals surface area (Å²) < 4.78 is 40.2. The van der Waals surface area contributed by atoms with Gasteiger partial charge in [0.2, 0.25) is 0 Å². The second-order valence-electron chi connectivity index (χ2n) is 6.27. The van der Waals surface area contributed by atoms with Crippen molar-refractivity contribution in [2.45, 2.75) is 6.18 Å². The Morgan fingerprint density at radius 3 is 2.27 bits per heavy atom. The van der Waals surface area contributed by atoms with Crippen LogP contribution in [0, 0.1) is 5.41 Å². The number of rotatable bonds is 4. The van der Waals surface area contributed by atoms with Crippen LogP contribution in [0.25, 0.3) is 11.1 Å². The SMILES string of the molecule is C=C=CN(C(=N)c1ccccc1C(F)(F)F)c1ccc(-c2ccc(Cl)cc2Cl)cc1. The van der Waals surface area contributed by atoms with Gasteiger partial charge in [-0.05, 0) is 35.9 Å². The Morgan fingerprint density at radius 1 is 1.00 bits per heavy atom. The third-order valence-electron chi connectivity index (χ3n) is 4.34. The molecule has 3 rings (SSSR count). The molecule has 3 aromatic rings. The van der Waals surface area contributed by atoms with E-state index in [2.05, 4.69) is 12.3 Å². The highest BCUT2D eigenvalue weighted by Gasteiger charge is 2.34. The highest BCUT2D eigenvalue weighted by Crippen LogP contribution is 2.34. The molecule has 0 heterocycles. The summed E-state index contributed by atoms with van der Waals surface area (Å²) in [5.41, 5.74) is 3.42. The standard InChI is InChI=1S/C23H15Cl2F3N2/c1-2-13-30(22(29)19-5-3-4-6-20(19)23(26,27)28)17-10-7-15(8-11-17)18-12-9-16(24)14-21(18)25/h3-14,29H,1H2. The van der Waals surface area contributed by atoms with E-state index in [1.165, 1.54) is 29.3 Å². The Balaban J connectivity index is 2.00. The van der Waals surface area contributed by atoms with Crippen molar-refractivity contribution in [3.8, 4) is 11.1 Å². The first kappa shape index (κ1) is 21.7. The Kier molecular flexibility index (Phi) is 6.37. The van der Waals surface area contributed by atoms with E-state index in [0.29, 0.717) is 15.7 Å². The topological polar surface area (TPSA) is 27.1 Å². The first-order valence-corrected chi connectivity index (χ1v) is 9.44. The molecule has 0 atom stereocenters. The molecular formula is C23H15Cl2F3N2. The van der Waals surface area contributed by atoms with Gasteiger partial charge in [0, 0.05) is 26.9 Å². The molecule has 2 nitrogen and oxygen atoms in total. The van der Waals surface area contributed by atoms with E-state index in [1.54, 1.807) is 42.5 Å². The van der Waals surface area contributed by atoms with Crippen LogP contribution in [0.4, 0.5) is 18.9 Å². The molecule has 0 aromatic heterocycles. The Morgan fingerprint density at radius 2 is 1.67 bits per heavy atom. The summed E-state index contributed by atoms with van der Waals surface area (Å²) in [5, 5.41) is 9.41. The number of halogens is 5. The lowest BCUT2D eigenvalue weighted by molar-refractivity contribution is -0.137. The molecule has 3 aromatic carbocycles. The maximum absolute atomic E-state index is 13.4. The predicted octanol–water partition coefficient (Wildman–Crippen LogP) is 7.81. The largest absolute Gasteiger partial charge is 0.417 e. The zero-order chi connectivity index (χ0) is 21.9. The van der Waals surface area contributed by atoms with Crippen molar-refractivity contribution in [2.24, 2.45) is 0 Å². The summed E-state index contributed by atoms with van der Waals surface area (Å²) in [4.78, 5) is 1.28. The van der Waals surface area contributed by atoms with Crippen molar-refractivity contribution in [3.05, 3.63) is 106 Å². The van der Waals surface area contributed by atoms with Crippen LogP contribution in [0.1, 0.15) is 11.1 Å². The number of anilines is 1. The Bertz CT molecular complexity index is 1130. The lowest BCUT2D eigenvalue weighted by Gasteiger charge is -2.23. The van der Waals surface area contributed by atoms with E-state index < -0.39 is 11.7 Å². The van der Waals surface area contributed by atoms with Gasteiger partial charge in [-0.1, -0.05) is 66.2 Å². The average molecular weight is 447 g/mol. The van der Waals surface area contributed by atoms with Crippen molar-refractivity contribution < 1.29 is 13.2 Å². The van der Waals surface area contributed by atoms with Gasteiger partial charge in [-0.3, -0.25) is 10.3 Å². The molecule has 0 saturated carbocycles. The van der Waals surface area contributed by atoms with E-state index in [9.17, 15) is 13.2 Å². The summed E-state index contributed by atoms with van der Waals surface area (Å²) in [5.74, 6) is -0.351. The van der Waals surface area contributed by atoms with Gasteiger partial charge in [-0.25, -0.2) is 0 Å². The van der Waals surface area contributed by atoms with Crippen LogP contribution >= 0.6 is 23.2 Å². The predicted molar refractivity (Wildman–Crippen MR) is 116 cm³/mol. The summed E-state index contributed by atoms with van der Waals surface area (Å²) in [6.45, 7) is 3.49. The van der Waals surface area contributed by atoms with Crippen LogP contribution in [0.5, 0.6) is 0 Å². The molecule has 0 amide bonds. The fourth-order valence-electron chi connectivity index (χ4n) is 2.95. The molecule has 0 radical (unpaired) electrons. The number of nitrogens with zero attached hydrogens (tertiary/aromatic N) is 1. The Hall–Kier alpha value is -2.98. The summed E-state index contributed by atoms with van der Waals surface area (Å²) in [7, 11) is 0. The van der Waals surface area contributed by atoms with Crippen LogP contribution < -0.4 is 4.90 Å². The van der Waals surface area contributed by atoms with Crippen molar-refractivity contribution in [1.82, 2.24) is 0 Å². The number of nitrogens with one attached hydrogen (secondary N) is 1. The smallest absolute Gasteiger partial charge is 0.295 e. The minimum Gasteiger partial charge on any atom is -0.295 e. The van der Waals surface area contributed by atoms with Crippen molar-refractivity contribution in [3.63, 3.8) is 0 Å². The molecule has 1 N–H and O–H groups in total. The van der Waals surface area contributed by atoms with Gasteiger partial charge in [0.15, 0.2) is 0 Å². The van der Waals surface area contributed by atoms with Crippen molar-refractivity contribution in [2.75, 3.05) is 4.90 Å². The molecule has 7 heteroatoms. The van der Waals surface area contributed by atoms with Crippen molar-refractivity contribution in [1.29, 1.82) is 5.41 Å². The van der Waals surface area contributed by atoms with E-state index in [0.717, 1.165) is 17.2 Å². The molecule has 0 unspecified atom stereocenters. The molecule has 0 aliphatic heterocycles. The number of alkyl halides is 3. The van der Waals surface area contributed by atoms with Crippen LogP contribution in [-0.4, -0.2) is 5.84 Å². The third kappa shape index (κ3) is 4.60. The van der Waals surface area contributed by atoms with Gasteiger partial charge in [0.05, 0.1) is 11.8 Å². The molecule has 0 fully saturated rings. The minimum atomic E-state index is -4.58. The fourth-order valence-corrected chi connectivity index (χ4v) is 3.47. The maximum atomic E-state index is 13.4. The maximum Gasteiger partial charge on any atom is 0.417 e. The molecule has 152 valence electrons.